The highest BCUT2D eigenvalue weighted by Crippen LogP contribution is 2.24. The number of aryl methyl sites for hydroxylation is 1. The number of halogens is 1. The third-order valence-electron chi connectivity index (χ3n) is 3.10. The number of aromatic nitrogens is 2. The quantitative estimate of drug-likeness (QED) is 0.851. The molecule has 0 saturated carbocycles. The van der Waals surface area contributed by atoms with Gasteiger partial charge in [-0.05, 0) is 19.4 Å². The van der Waals surface area contributed by atoms with Gasteiger partial charge in [0.15, 0.2) is 0 Å². The van der Waals surface area contributed by atoms with Crippen molar-refractivity contribution in [1.29, 1.82) is 0 Å². The number of anilines is 1. The summed E-state index contributed by atoms with van der Waals surface area (Å²) in [6, 6.07) is 10.4. The van der Waals surface area contributed by atoms with Crippen LogP contribution in [0.25, 0.3) is 0 Å². The highest BCUT2D eigenvalue weighted by molar-refractivity contribution is 6.30. The predicted molar refractivity (Wildman–Crippen MR) is 79.6 cm³/mol. The van der Waals surface area contributed by atoms with Crippen LogP contribution in [-0.2, 0) is 6.42 Å². The van der Waals surface area contributed by atoms with E-state index in [0.29, 0.717) is 5.15 Å². The second-order valence-corrected chi connectivity index (χ2v) is 4.89. The fourth-order valence-corrected chi connectivity index (χ4v) is 2.05. The first-order valence-electron chi connectivity index (χ1n) is 6.46. The molecule has 19 heavy (non-hydrogen) atoms. The van der Waals surface area contributed by atoms with Crippen LogP contribution in [0, 0.1) is 6.92 Å². The maximum atomic E-state index is 6.14. The van der Waals surface area contributed by atoms with Gasteiger partial charge in [0.25, 0.3) is 0 Å². The van der Waals surface area contributed by atoms with E-state index in [-0.39, 0.29) is 6.04 Å². The summed E-state index contributed by atoms with van der Waals surface area (Å²) in [5, 5.41) is 3.93. The summed E-state index contributed by atoms with van der Waals surface area (Å²) in [7, 11) is 0. The van der Waals surface area contributed by atoms with E-state index in [9.17, 15) is 0 Å². The third-order valence-corrected chi connectivity index (χ3v) is 3.47. The summed E-state index contributed by atoms with van der Waals surface area (Å²) in [4.78, 5) is 8.76. The van der Waals surface area contributed by atoms with Gasteiger partial charge in [0, 0.05) is 18.0 Å². The third kappa shape index (κ3) is 3.24. The minimum absolute atomic E-state index is 0.176. The maximum Gasteiger partial charge on any atom is 0.137 e. The van der Waals surface area contributed by atoms with E-state index in [0.717, 1.165) is 23.6 Å². The maximum absolute atomic E-state index is 6.14. The number of nitrogens with zero attached hydrogens (tertiary/aromatic N) is 2. The first kappa shape index (κ1) is 13.8. The minimum atomic E-state index is 0.176. The van der Waals surface area contributed by atoms with Crippen LogP contribution in [0.15, 0.2) is 30.3 Å². The van der Waals surface area contributed by atoms with Crippen molar-refractivity contribution in [2.75, 3.05) is 5.32 Å². The predicted octanol–water partition coefficient (Wildman–Crippen LogP) is 4.17. The number of rotatable bonds is 4. The Balaban J connectivity index is 2.26. The second kappa shape index (κ2) is 6.02. The largest absolute Gasteiger partial charge is 0.363 e. The molecule has 3 nitrogen and oxygen atoms in total. The highest BCUT2D eigenvalue weighted by atomic mass is 35.5. The molecule has 0 aliphatic rings. The van der Waals surface area contributed by atoms with Crippen LogP contribution >= 0.6 is 11.6 Å². The van der Waals surface area contributed by atoms with Crippen LogP contribution in [0.5, 0.6) is 0 Å². The van der Waals surface area contributed by atoms with Crippen molar-refractivity contribution in [1.82, 2.24) is 9.97 Å². The Morgan fingerprint density at radius 1 is 1.21 bits per heavy atom. The van der Waals surface area contributed by atoms with E-state index in [4.69, 9.17) is 11.6 Å². The van der Waals surface area contributed by atoms with Crippen LogP contribution < -0.4 is 5.32 Å². The first-order valence-corrected chi connectivity index (χ1v) is 6.84. The second-order valence-electron chi connectivity index (χ2n) is 4.53. The first-order chi connectivity index (χ1) is 9.11. The number of hydrogen-bond donors (Lipinski definition) is 1. The average Bonchev–Trinajstić information content (AvgIpc) is 2.44. The SMILES string of the molecule is CCc1nc(Cl)c(C)c(NC(C)c2ccccc2)n1. The van der Waals surface area contributed by atoms with Gasteiger partial charge >= 0.3 is 0 Å². The van der Waals surface area contributed by atoms with Crippen molar-refractivity contribution in [3.63, 3.8) is 0 Å². The van der Waals surface area contributed by atoms with E-state index in [1.807, 2.05) is 32.0 Å². The molecule has 1 heterocycles. The minimum Gasteiger partial charge on any atom is -0.363 e. The zero-order valence-corrected chi connectivity index (χ0v) is 12.2. The van der Waals surface area contributed by atoms with E-state index in [2.05, 4.69) is 34.3 Å². The standard InChI is InChI=1S/C15H18ClN3/c1-4-13-18-14(16)10(2)15(19-13)17-11(3)12-8-6-5-7-9-12/h5-9,11H,4H2,1-3H3,(H,17,18,19). The van der Waals surface area contributed by atoms with Crippen molar-refractivity contribution >= 4 is 17.4 Å². The van der Waals surface area contributed by atoms with Crippen molar-refractivity contribution in [2.45, 2.75) is 33.2 Å². The van der Waals surface area contributed by atoms with Gasteiger partial charge < -0.3 is 5.32 Å². The molecule has 1 aromatic heterocycles. The van der Waals surface area contributed by atoms with E-state index in [1.165, 1.54) is 5.56 Å². The zero-order valence-electron chi connectivity index (χ0n) is 11.4. The molecule has 0 bridgehead atoms. The fraction of sp³-hybridized carbons (Fsp3) is 0.333. The molecule has 0 radical (unpaired) electrons. The molecule has 2 rings (SSSR count). The Bertz CT molecular complexity index is 555. The normalized spacial score (nSPS) is 12.2. The summed E-state index contributed by atoms with van der Waals surface area (Å²) in [6.07, 6.45) is 0.772. The summed E-state index contributed by atoms with van der Waals surface area (Å²) in [5.41, 5.74) is 2.11. The topological polar surface area (TPSA) is 37.8 Å². The molecule has 1 atom stereocenters. The lowest BCUT2D eigenvalue weighted by atomic mass is 10.1. The number of benzene rings is 1. The van der Waals surface area contributed by atoms with Crippen molar-refractivity contribution in [3.8, 4) is 0 Å². The monoisotopic (exact) mass is 275 g/mol. The van der Waals surface area contributed by atoms with Gasteiger partial charge in [0.05, 0.1) is 0 Å². The summed E-state index contributed by atoms with van der Waals surface area (Å²) in [6.45, 7) is 6.06. The van der Waals surface area contributed by atoms with E-state index < -0.39 is 0 Å². The molecule has 1 unspecified atom stereocenters. The Morgan fingerprint density at radius 2 is 1.89 bits per heavy atom. The van der Waals surface area contributed by atoms with Crippen LogP contribution in [-0.4, -0.2) is 9.97 Å². The summed E-state index contributed by atoms with van der Waals surface area (Å²) < 4.78 is 0. The molecule has 100 valence electrons. The van der Waals surface area contributed by atoms with Gasteiger partial charge in [0.1, 0.15) is 16.8 Å². The Kier molecular flexibility index (Phi) is 4.38. The molecule has 1 N–H and O–H groups in total. The smallest absolute Gasteiger partial charge is 0.137 e. The Morgan fingerprint density at radius 3 is 2.53 bits per heavy atom. The van der Waals surface area contributed by atoms with E-state index >= 15 is 0 Å². The number of hydrogen-bond acceptors (Lipinski definition) is 3. The molecular formula is C15H18ClN3. The fourth-order valence-electron chi connectivity index (χ4n) is 1.86. The Hall–Kier alpha value is -1.61. The van der Waals surface area contributed by atoms with Crippen molar-refractivity contribution < 1.29 is 0 Å². The summed E-state index contributed by atoms with van der Waals surface area (Å²) in [5.74, 6) is 1.58. The van der Waals surface area contributed by atoms with Crippen molar-refractivity contribution in [2.24, 2.45) is 0 Å². The molecular weight excluding hydrogens is 258 g/mol. The lowest BCUT2D eigenvalue weighted by Crippen LogP contribution is -2.11. The molecule has 0 amide bonds. The Labute approximate surface area is 119 Å². The molecule has 0 saturated heterocycles. The zero-order chi connectivity index (χ0) is 13.8. The van der Waals surface area contributed by atoms with E-state index in [1.54, 1.807) is 0 Å². The molecule has 4 heteroatoms. The van der Waals surface area contributed by atoms with Gasteiger partial charge in [0.2, 0.25) is 0 Å². The molecule has 0 aliphatic carbocycles. The molecule has 0 fully saturated rings. The van der Waals surface area contributed by atoms with Crippen LogP contribution in [0.2, 0.25) is 5.15 Å². The lowest BCUT2D eigenvalue weighted by molar-refractivity contribution is 0.851. The molecule has 0 spiro atoms. The van der Waals surface area contributed by atoms with Gasteiger partial charge in [-0.3, -0.25) is 0 Å². The molecule has 2 aromatic rings. The van der Waals surface area contributed by atoms with Crippen LogP contribution in [0.3, 0.4) is 0 Å². The molecule has 1 aromatic carbocycles. The van der Waals surface area contributed by atoms with Crippen LogP contribution in [0.4, 0.5) is 5.82 Å². The van der Waals surface area contributed by atoms with Gasteiger partial charge in [-0.15, -0.1) is 0 Å². The van der Waals surface area contributed by atoms with Gasteiger partial charge in [-0.25, -0.2) is 9.97 Å². The van der Waals surface area contributed by atoms with Crippen molar-refractivity contribution in [3.05, 3.63) is 52.4 Å². The van der Waals surface area contributed by atoms with Crippen LogP contribution in [0.1, 0.15) is 36.8 Å². The molecule has 0 aliphatic heterocycles. The lowest BCUT2D eigenvalue weighted by Gasteiger charge is -2.17. The number of nitrogens with one attached hydrogen (secondary N) is 1. The van der Waals surface area contributed by atoms with Gasteiger partial charge in [-0.2, -0.15) is 0 Å². The summed E-state index contributed by atoms with van der Waals surface area (Å²) >= 11 is 6.14. The highest BCUT2D eigenvalue weighted by Gasteiger charge is 2.11. The average molecular weight is 276 g/mol. The van der Waals surface area contributed by atoms with Gasteiger partial charge in [-0.1, -0.05) is 48.9 Å².